The summed E-state index contributed by atoms with van der Waals surface area (Å²) in [5, 5.41) is 5.92. The van der Waals surface area contributed by atoms with Gasteiger partial charge in [-0.3, -0.25) is 4.79 Å². The van der Waals surface area contributed by atoms with E-state index in [0.29, 0.717) is 11.5 Å². The molecule has 0 unspecified atom stereocenters. The van der Waals surface area contributed by atoms with Crippen LogP contribution in [0.2, 0.25) is 0 Å². The summed E-state index contributed by atoms with van der Waals surface area (Å²) in [6, 6.07) is 7.34. The average Bonchev–Trinajstić information content (AvgIpc) is 2.50. The number of aromatic nitrogens is 2. The lowest BCUT2D eigenvalue weighted by atomic mass is 10.3. The standard InChI is InChI=1S/C15H18BrN5O/c1-21(2)8-7-17-14-10-18-13(9-19-14)15(22)20-12-5-3-11(16)4-6-12/h3-6,9-10H,7-8H2,1-2H3,(H,17,19)(H,20,22). The number of benzene rings is 1. The second-order valence-corrected chi connectivity index (χ2v) is 5.89. The van der Waals surface area contributed by atoms with Crippen molar-refractivity contribution < 1.29 is 4.79 Å². The summed E-state index contributed by atoms with van der Waals surface area (Å²) < 4.78 is 0.957. The fourth-order valence-electron chi connectivity index (χ4n) is 1.67. The Kier molecular flexibility index (Phi) is 5.85. The van der Waals surface area contributed by atoms with E-state index in [4.69, 9.17) is 0 Å². The number of rotatable bonds is 6. The minimum absolute atomic E-state index is 0.279. The number of carbonyl (C=O) groups is 1. The summed E-state index contributed by atoms with van der Waals surface area (Å²) in [5.41, 5.74) is 0.990. The summed E-state index contributed by atoms with van der Waals surface area (Å²) in [7, 11) is 4.01. The molecule has 2 aromatic rings. The summed E-state index contributed by atoms with van der Waals surface area (Å²) in [6.07, 6.45) is 3.03. The summed E-state index contributed by atoms with van der Waals surface area (Å²) in [4.78, 5) is 22.5. The van der Waals surface area contributed by atoms with Gasteiger partial charge in [-0.1, -0.05) is 15.9 Å². The number of anilines is 2. The molecule has 0 spiro atoms. The zero-order valence-electron chi connectivity index (χ0n) is 12.5. The molecule has 0 bridgehead atoms. The quantitative estimate of drug-likeness (QED) is 0.824. The fourth-order valence-corrected chi connectivity index (χ4v) is 1.94. The van der Waals surface area contributed by atoms with E-state index in [-0.39, 0.29) is 11.6 Å². The van der Waals surface area contributed by atoms with Gasteiger partial charge < -0.3 is 15.5 Å². The van der Waals surface area contributed by atoms with Crippen molar-refractivity contribution in [2.24, 2.45) is 0 Å². The van der Waals surface area contributed by atoms with Crippen LogP contribution in [0.4, 0.5) is 11.5 Å². The lowest BCUT2D eigenvalue weighted by Gasteiger charge is -2.10. The first-order chi connectivity index (χ1) is 10.5. The molecule has 1 aromatic carbocycles. The molecule has 2 rings (SSSR count). The van der Waals surface area contributed by atoms with Gasteiger partial charge in [0, 0.05) is 23.2 Å². The highest BCUT2D eigenvalue weighted by atomic mass is 79.9. The van der Waals surface area contributed by atoms with E-state index in [1.54, 1.807) is 6.20 Å². The van der Waals surface area contributed by atoms with Gasteiger partial charge in [-0.15, -0.1) is 0 Å². The highest BCUT2D eigenvalue weighted by molar-refractivity contribution is 9.10. The Hall–Kier alpha value is -1.99. The van der Waals surface area contributed by atoms with Crippen molar-refractivity contribution in [2.75, 3.05) is 37.8 Å². The summed E-state index contributed by atoms with van der Waals surface area (Å²) >= 11 is 3.35. The van der Waals surface area contributed by atoms with Crippen molar-refractivity contribution in [1.82, 2.24) is 14.9 Å². The monoisotopic (exact) mass is 363 g/mol. The fraction of sp³-hybridized carbons (Fsp3) is 0.267. The molecule has 22 heavy (non-hydrogen) atoms. The lowest BCUT2D eigenvalue weighted by Crippen LogP contribution is -2.21. The van der Waals surface area contributed by atoms with E-state index >= 15 is 0 Å². The molecule has 1 heterocycles. The summed E-state index contributed by atoms with van der Waals surface area (Å²) in [5.74, 6) is 0.372. The molecule has 1 aromatic heterocycles. The Labute approximate surface area is 138 Å². The van der Waals surface area contributed by atoms with E-state index < -0.39 is 0 Å². The number of hydrogen-bond acceptors (Lipinski definition) is 5. The molecule has 0 radical (unpaired) electrons. The third-order valence-electron chi connectivity index (χ3n) is 2.85. The number of nitrogens with one attached hydrogen (secondary N) is 2. The van der Waals surface area contributed by atoms with Crippen LogP contribution in [0.25, 0.3) is 0 Å². The minimum atomic E-state index is -0.283. The predicted molar refractivity (Wildman–Crippen MR) is 91.2 cm³/mol. The molecule has 7 heteroatoms. The molecule has 6 nitrogen and oxygen atoms in total. The van der Waals surface area contributed by atoms with Gasteiger partial charge in [-0.2, -0.15) is 0 Å². The average molecular weight is 364 g/mol. The minimum Gasteiger partial charge on any atom is -0.368 e. The summed E-state index contributed by atoms with van der Waals surface area (Å²) in [6.45, 7) is 1.67. The van der Waals surface area contributed by atoms with Gasteiger partial charge in [0.1, 0.15) is 11.5 Å². The van der Waals surface area contributed by atoms with Gasteiger partial charge >= 0.3 is 0 Å². The first kappa shape index (κ1) is 16.4. The second kappa shape index (κ2) is 7.86. The normalized spacial score (nSPS) is 10.5. The molecular formula is C15H18BrN5O. The Balaban J connectivity index is 1.91. The molecule has 0 fully saturated rings. The molecule has 0 aliphatic carbocycles. The number of carbonyl (C=O) groups excluding carboxylic acids is 1. The first-order valence-electron chi connectivity index (χ1n) is 6.82. The zero-order valence-corrected chi connectivity index (χ0v) is 14.1. The smallest absolute Gasteiger partial charge is 0.275 e. The maximum atomic E-state index is 12.1. The van der Waals surface area contributed by atoms with Gasteiger partial charge in [0.25, 0.3) is 5.91 Å². The van der Waals surface area contributed by atoms with Crippen molar-refractivity contribution >= 4 is 33.3 Å². The SMILES string of the molecule is CN(C)CCNc1cnc(C(=O)Nc2ccc(Br)cc2)cn1. The molecule has 1 amide bonds. The molecule has 0 aliphatic heterocycles. The van der Waals surface area contributed by atoms with Crippen molar-refractivity contribution in [3.63, 3.8) is 0 Å². The van der Waals surface area contributed by atoms with Gasteiger partial charge in [-0.25, -0.2) is 9.97 Å². The van der Waals surface area contributed by atoms with E-state index in [1.165, 1.54) is 6.20 Å². The molecule has 116 valence electrons. The Bertz CT molecular complexity index is 613. The van der Waals surface area contributed by atoms with Crippen molar-refractivity contribution in [2.45, 2.75) is 0 Å². The maximum Gasteiger partial charge on any atom is 0.275 e. The Morgan fingerprint density at radius 3 is 2.50 bits per heavy atom. The van der Waals surface area contributed by atoms with E-state index in [1.807, 2.05) is 38.4 Å². The molecule has 0 saturated heterocycles. The Morgan fingerprint density at radius 1 is 1.18 bits per heavy atom. The molecule has 0 saturated carbocycles. The van der Waals surface area contributed by atoms with Gasteiger partial charge in [0.15, 0.2) is 0 Å². The van der Waals surface area contributed by atoms with Gasteiger partial charge in [0.2, 0.25) is 0 Å². The van der Waals surface area contributed by atoms with Crippen molar-refractivity contribution in [1.29, 1.82) is 0 Å². The predicted octanol–water partition coefficient (Wildman–Crippen LogP) is 2.46. The second-order valence-electron chi connectivity index (χ2n) is 4.98. The maximum absolute atomic E-state index is 12.1. The van der Waals surface area contributed by atoms with Crippen LogP contribution in [0.3, 0.4) is 0 Å². The third kappa shape index (κ3) is 5.09. The molecule has 0 atom stereocenters. The van der Waals surface area contributed by atoms with Crippen LogP contribution in [0.15, 0.2) is 41.1 Å². The van der Waals surface area contributed by atoms with Gasteiger partial charge in [-0.05, 0) is 38.4 Å². The number of nitrogens with zero attached hydrogens (tertiary/aromatic N) is 3. The zero-order chi connectivity index (χ0) is 15.9. The van der Waals surface area contributed by atoms with Crippen LogP contribution in [0.1, 0.15) is 10.5 Å². The van der Waals surface area contributed by atoms with Gasteiger partial charge in [0.05, 0.1) is 12.4 Å². The van der Waals surface area contributed by atoms with Crippen LogP contribution >= 0.6 is 15.9 Å². The largest absolute Gasteiger partial charge is 0.368 e. The molecule has 0 aliphatic rings. The first-order valence-corrected chi connectivity index (χ1v) is 7.61. The molecule has 2 N–H and O–H groups in total. The van der Waals surface area contributed by atoms with E-state index in [0.717, 1.165) is 17.6 Å². The van der Waals surface area contributed by atoms with Crippen molar-refractivity contribution in [3.8, 4) is 0 Å². The van der Waals surface area contributed by atoms with Crippen LogP contribution in [0.5, 0.6) is 0 Å². The number of amides is 1. The van der Waals surface area contributed by atoms with Crippen LogP contribution in [-0.4, -0.2) is 48.0 Å². The van der Waals surface area contributed by atoms with E-state index in [2.05, 4.69) is 41.4 Å². The Morgan fingerprint density at radius 2 is 1.91 bits per heavy atom. The number of halogens is 1. The highest BCUT2D eigenvalue weighted by Gasteiger charge is 2.08. The number of likely N-dealkylation sites (N-methyl/N-ethyl adjacent to an activating group) is 1. The van der Waals surface area contributed by atoms with Crippen molar-refractivity contribution in [3.05, 3.63) is 46.8 Å². The number of hydrogen-bond donors (Lipinski definition) is 2. The molecular weight excluding hydrogens is 346 g/mol. The lowest BCUT2D eigenvalue weighted by molar-refractivity contribution is 0.102. The highest BCUT2D eigenvalue weighted by Crippen LogP contribution is 2.14. The third-order valence-corrected chi connectivity index (χ3v) is 3.38. The van der Waals surface area contributed by atoms with E-state index in [9.17, 15) is 4.79 Å². The van der Waals surface area contributed by atoms with Crippen LogP contribution in [0, 0.1) is 0 Å². The topological polar surface area (TPSA) is 70.2 Å². The van der Waals surface area contributed by atoms with Crippen LogP contribution in [-0.2, 0) is 0 Å². The van der Waals surface area contributed by atoms with Crippen LogP contribution < -0.4 is 10.6 Å².